The van der Waals surface area contributed by atoms with Crippen LogP contribution in [0.15, 0.2) is 60.3 Å². The zero-order valence-electron chi connectivity index (χ0n) is 23.8. The highest BCUT2D eigenvalue weighted by Crippen LogP contribution is 2.34. The van der Waals surface area contributed by atoms with E-state index in [4.69, 9.17) is 4.84 Å². The number of alkyl halides is 3. The molecular formula is C27H40F3N7O2S. The molecule has 2 aromatic rings. The first-order valence-electron chi connectivity index (χ1n) is 13.3. The number of carbonyl (C=O) groups is 1. The second-order valence-corrected chi connectivity index (χ2v) is 9.05. The van der Waals surface area contributed by atoms with E-state index >= 15 is 0 Å². The number of rotatable bonds is 12. The molecule has 3 heterocycles. The molecule has 0 unspecified atom stereocenters. The molecule has 1 aliphatic rings. The van der Waals surface area contributed by atoms with Gasteiger partial charge in [0.25, 0.3) is 0 Å². The molecule has 0 saturated carbocycles. The Morgan fingerprint density at radius 3 is 2.45 bits per heavy atom. The number of nitrogens with zero attached hydrogens (tertiary/aromatic N) is 7. The van der Waals surface area contributed by atoms with Crippen molar-refractivity contribution >= 4 is 33.3 Å². The van der Waals surface area contributed by atoms with Crippen molar-refractivity contribution in [3.63, 3.8) is 0 Å². The summed E-state index contributed by atoms with van der Waals surface area (Å²) in [5, 5.41) is 9.61. The summed E-state index contributed by atoms with van der Waals surface area (Å²) in [6.45, 7) is 21.5. The Morgan fingerprint density at radius 2 is 1.85 bits per heavy atom. The fourth-order valence-corrected chi connectivity index (χ4v) is 4.54. The number of amides is 1. The smallest absolute Gasteiger partial charge is 0.352 e. The number of fused-ring (bicyclic) bond motifs is 1. The molecule has 0 aliphatic carbocycles. The molecule has 1 aliphatic heterocycles. The zero-order chi connectivity index (χ0) is 30.1. The second kappa shape index (κ2) is 18.1. The highest BCUT2D eigenvalue weighted by Gasteiger charge is 2.30. The van der Waals surface area contributed by atoms with E-state index in [1.807, 2.05) is 32.6 Å². The molecule has 0 N–H and O–H groups in total. The summed E-state index contributed by atoms with van der Waals surface area (Å²) in [5.41, 5.74) is 0.394. The van der Waals surface area contributed by atoms with Crippen molar-refractivity contribution in [1.29, 1.82) is 0 Å². The van der Waals surface area contributed by atoms with Gasteiger partial charge in [-0.1, -0.05) is 46.9 Å². The van der Waals surface area contributed by atoms with Crippen LogP contribution in [-0.2, 0) is 16.1 Å². The Balaban J connectivity index is 0.00000191. The van der Waals surface area contributed by atoms with Crippen LogP contribution >= 0.6 is 11.3 Å². The Labute approximate surface area is 238 Å². The maximum atomic E-state index is 12.8. The number of anilines is 1. The van der Waals surface area contributed by atoms with E-state index in [9.17, 15) is 18.0 Å². The zero-order valence-corrected chi connectivity index (χ0v) is 24.6. The topological polar surface area (TPSA) is 86.5 Å². The molecule has 40 heavy (non-hydrogen) atoms. The molecule has 9 nitrogen and oxygen atoms in total. The maximum Gasteiger partial charge on any atom is 0.393 e. The summed E-state index contributed by atoms with van der Waals surface area (Å²) < 4.78 is 38.4. The average molecular weight is 584 g/mol. The van der Waals surface area contributed by atoms with Gasteiger partial charge in [-0.15, -0.1) is 28.2 Å². The van der Waals surface area contributed by atoms with Crippen LogP contribution in [0.5, 0.6) is 0 Å². The third-order valence-corrected chi connectivity index (χ3v) is 6.28. The first-order valence-corrected chi connectivity index (χ1v) is 14.1. The molecule has 0 spiro atoms. The number of allylic oxidation sites excluding steroid dienone is 1. The highest BCUT2D eigenvalue weighted by molar-refractivity contribution is 7.18. The molecule has 222 valence electrons. The standard InChI is InChI=1S/C23H28F3N7O2S.2C2H6/c1-4-8-33(30-29-17(3)5-2)35-13-6-7-20(34)31-9-11-32(12-10-31)21-19-14-18(15-23(24,25)26)36-22(19)28-16-27-21;2*1-2/h4-5,14,16H,1-3,6-13,15H2;2*1-2H3. The third kappa shape index (κ3) is 11.4. The highest BCUT2D eigenvalue weighted by atomic mass is 32.1. The van der Waals surface area contributed by atoms with E-state index < -0.39 is 12.6 Å². The fraction of sp³-hybridized carbons (Fsp3) is 0.519. The Morgan fingerprint density at radius 1 is 1.18 bits per heavy atom. The normalized spacial score (nSPS) is 13.3. The van der Waals surface area contributed by atoms with E-state index in [0.717, 1.165) is 11.3 Å². The lowest BCUT2D eigenvalue weighted by molar-refractivity contribution is -0.159. The molecule has 2 aromatic heterocycles. The summed E-state index contributed by atoms with van der Waals surface area (Å²) in [6.07, 6.45) is -0.0229. The van der Waals surface area contributed by atoms with Gasteiger partial charge in [-0.2, -0.15) is 13.2 Å². The lowest BCUT2D eigenvalue weighted by Crippen LogP contribution is -2.49. The lowest BCUT2D eigenvalue weighted by Gasteiger charge is -2.35. The largest absolute Gasteiger partial charge is 0.393 e. The average Bonchev–Trinajstić information content (AvgIpc) is 3.36. The molecule has 1 saturated heterocycles. The fourth-order valence-electron chi connectivity index (χ4n) is 3.52. The molecule has 1 fully saturated rings. The van der Waals surface area contributed by atoms with Crippen LogP contribution in [0.4, 0.5) is 19.0 Å². The molecular weight excluding hydrogens is 543 g/mol. The molecule has 0 aromatic carbocycles. The van der Waals surface area contributed by atoms with Gasteiger partial charge in [0, 0.05) is 37.5 Å². The van der Waals surface area contributed by atoms with Gasteiger partial charge >= 0.3 is 6.18 Å². The van der Waals surface area contributed by atoms with Gasteiger partial charge in [0.1, 0.15) is 17.0 Å². The van der Waals surface area contributed by atoms with Gasteiger partial charge in [0.2, 0.25) is 5.91 Å². The number of thiophene rings is 1. The maximum absolute atomic E-state index is 12.8. The minimum Gasteiger partial charge on any atom is -0.352 e. The van der Waals surface area contributed by atoms with Gasteiger partial charge in [-0.25, -0.2) is 9.97 Å². The van der Waals surface area contributed by atoms with Crippen molar-refractivity contribution < 1.29 is 22.8 Å². The molecule has 13 heteroatoms. The molecule has 3 rings (SSSR count). The van der Waals surface area contributed by atoms with E-state index in [1.165, 1.54) is 23.6 Å². The van der Waals surface area contributed by atoms with Crippen LogP contribution in [0.3, 0.4) is 0 Å². The number of hydroxylamine groups is 1. The summed E-state index contributed by atoms with van der Waals surface area (Å²) in [7, 11) is 0. The van der Waals surface area contributed by atoms with Crippen LogP contribution in [0.2, 0.25) is 0 Å². The van der Waals surface area contributed by atoms with Crippen LogP contribution in [0.1, 0.15) is 45.4 Å². The predicted molar refractivity (Wildman–Crippen MR) is 155 cm³/mol. The quantitative estimate of drug-likeness (QED) is 0.0902. The van der Waals surface area contributed by atoms with Crippen LogP contribution in [0, 0.1) is 0 Å². The van der Waals surface area contributed by atoms with E-state index in [1.54, 1.807) is 11.0 Å². The van der Waals surface area contributed by atoms with Crippen molar-refractivity contribution in [2.24, 2.45) is 10.3 Å². The third-order valence-electron chi connectivity index (χ3n) is 5.24. The van der Waals surface area contributed by atoms with Crippen molar-refractivity contribution in [1.82, 2.24) is 20.0 Å². The van der Waals surface area contributed by atoms with Crippen LogP contribution in [-0.4, -0.2) is 71.5 Å². The number of hydrogen-bond donors (Lipinski definition) is 0. The van der Waals surface area contributed by atoms with Crippen molar-refractivity contribution in [2.75, 3.05) is 44.2 Å². The summed E-state index contributed by atoms with van der Waals surface area (Å²) >= 11 is 1.03. The van der Waals surface area contributed by atoms with E-state index in [2.05, 4.69) is 40.0 Å². The predicted octanol–water partition coefficient (Wildman–Crippen LogP) is 6.76. The van der Waals surface area contributed by atoms with Crippen molar-refractivity contribution in [3.05, 3.63) is 54.9 Å². The van der Waals surface area contributed by atoms with E-state index in [-0.39, 0.29) is 17.4 Å². The molecule has 0 bridgehead atoms. The summed E-state index contributed by atoms with van der Waals surface area (Å²) in [4.78, 5) is 31.1. The molecule has 1 amide bonds. The number of hydrogen-bond acceptors (Lipinski definition) is 8. The van der Waals surface area contributed by atoms with Gasteiger partial charge < -0.3 is 9.80 Å². The van der Waals surface area contributed by atoms with E-state index in [0.29, 0.717) is 67.3 Å². The number of halogens is 3. The number of carbonyl (C=O) groups excluding carboxylic acids is 1. The van der Waals surface area contributed by atoms with Gasteiger partial charge in [-0.05, 0) is 23.8 Å². The first kappa shape index (κ1) is 34.7. The SMILES string of the molecule is C=CCN(N=NC(=C)C=C)OCCCC(=O)N1CCN(c2ncnc3sc(CC(F)(F)F)cc23)CC1.CC.CC. The van der Waals surface area contributed by atoms with Gasteiger partial charge in [0.05, 0.1) is 30.7 Å². The van der Waals surface area contributed by atoms with Crippen molar-refractivity contribution in [2.45, 2.75) is 53.1 Å². The Bertz CT molecular complexity index is 1110. The lowest BCUT2D eigenvalue weighted by atomic mass is 10.2. The van der Waals surface area contributed by atoms with Crippen LogP contribution < -0.4 is 4.90 Å². The van der Waals surface area contributed by atoms with Gasteiger partial charge in [0.15, 0.2) is 0 Å². The number of aromatic nitrogens is 2. The second-order valence-electron chi connectivity index (χ2n) is 7.93. The first-order chi connectivity index (χ1) is 19.2. The minimum absolute atomic E-state index is 0.00557. The number of piperazine rings is 1. The molecule has 0 atom stereocenters. The Hall–Kier alpha value is -3.32. The van der Waals surface area contributed by atoms with Crippen LogP contribution in [0.25, 0.3) is 10.2 Å². The minimum atomic E-state index is -4.28. The monoisotopic (exact) mass is 583 g/mol. The summed E-state index contributed by atoms with van der Waals surface area (Å²) in [5.74, 6) is 0.604. The van der Waals surface area contributed by atoms with Gasteiger partial charge in [-0.3, -0.25) is 9.63 Å². The van der Waals surface area contributed by atoms with Crippen molar-refractivity contribution in [3.8, 4) is 0 Å². The molecule has 0 radical (unpaired) electrons. The summed E-state index contributed by atoms with van der Waals surface area (Å²) in [6, 6.07) is 1.52. The Kier molecular flexibility index (Phi) is 15.7.